The number of likely N-dealkylation sites (tertiary alicyclic amines) is 1. The standard InChI is InChI=1S/C16H34N2/c1-7-10-17-14(15(2,3)4)13-18-11-8-16(5,6)9-12-18/h14,17H,7-13H2,1-6H3. The van der Waals surface area contributed by atoms with E-state index in [9.17, 15) is 0 Å². The molecule has 18 heavy (non-hydrogen) atoms. The lowest BCUT2D eigenvalue weighted by Crippen LogP contribution is -2.51. The zero-order chi connectivity index (χ0) is 13.8. The Hall–Kier alpha value is -0.0800. The monoisotopic (exact) mass is 254 g/mol. The van der Waals surface area contributed by atoms with Gasteiger partial charge in [-0.15, -0.1) is 0 Å². The maximum absolute atomic E-state index is 3.74. The van der Waals surface area contributed by atoms with Crippen LogP contribution in [0.3, 0.4) is 0 Å². The van der Waals surface area contributed by atoms with E-state index < -0.39 is 0 Å². The van der Waals surface area contributed by atoms with Gasteiger partial charge in [-0.2, -0.15) is 0 Å². The van der Waals surface area contributed by atoms with Crippen molar-refractivity contribution in [2.24, 2.45) is 10.8 Å². The molecule has 0 bridgehead atoms. The van der Waals surface area contributed by atoms with E-state index >= 15 is 0 Å². The number of nitrogens with one attached hydrogen (secondary N) is 1. The minimum atomic E-state index is 0.349. The average Bonchev–Trinajstić information content (AvgIpc) is 2.24. The van der Waals surface area contributed by atoms with Crippen molar-refractivity contribution in [3.63, 3.8) is 0 Å². The molecule has 1 rings (SSSR count). The van der Waals surface area contributed by atoms with E-state index in [0.29, 0.717) is 16.9 Å². The normalized spacial score (nSPS) is 23.0. The van der Waals surface area contributed by atoms with Crippen molar-refractivity contribution in [3.8, 4) is 0 Å². The fourth-order valence-electron chi connectivity index (χ4n) is 2.56. The van der Waals surface area contributed by atoms with Crippen LogP contribution in [-0.2, 0) is 0 Å². The number of piperidine rings is 1. The summed E-state index contributed by atoms with van der Waals surface area (Å²) in [7, 11) is 0. The molecule has 0 spiro atoms. The Morgan fingerprint density at radius 2 is 1.72 bits per heavy atom. The van der Waals surface area contributed by atoms with E-state index in [2.05, 4.69) is 51.8 Å². The van der Waals surface area contributed by atoms with Gasteiger partial charge in [0.1, 0.15) is 0 Å². The second-order valence-corrected chi connectivity index (χ2v) is 7.84. The molecule has 0 aliphatic carbocycles. The SMILES string of the molecule is CCCNC(CN1CCC(C)(C)CC1)C(C)(C)C. The first-order valence-electron chi connectivity index (χ1n) is 7.70. The van der Waals surface area contributed by atoms with Gasteiger partial charge in [0, 0.05) is 12.6 Å². The molecular formula is C16H34N2. The molecule has 2 nitrogen and oxygen atoms in total. The Bertz CT molecular complexity index is 230. The second kappa shape index (κ2) is 6.38. The molecule has 0 aromatic carbocycles. The highest BCUT2D eigenvalue weighted by Gasteiger charge is 2.30. The van der Waals surface area contributed by atoms with Gasteiger partial charge in [0.25, 0.3) is 0 Å². The molecule has 1 heterocycles. The van der Waals surface area contributed by atoms with Crippen molar-refractivity contribution in [1.29, 1.82) is 0 Å². The van der Waals surface area contributed by atoms with Gasteiger partial charge in [0.2, 0.25) is 0 Å². The Balaban J connectivity index is 2.46. The Morgan fingerprint density at radius 3 is 2.17 bits per heavy atom. The molecule has 1 aliphatic rings. The molecule has 0 amide bonds. The Morgan fingerprint density at radius 1 is 1.17 bits per heavy atom. The number of hydrogen-bond acceptors (Lipinski definition) is 2. The molecule has 0 saturated carbocycles. The number of nitrogens with zero attached hydrogens (tertiary/aromatic N) is 1. The topological polar surface area (TPSA) is 15.3 Å². The molecule has 1 unspecified atom stereocenters. The lowest BCUT2D eigenvalue weighted by Gasteiger charge is -2.41. The number of rotatable bonds is 5. The largest absolute Gasteiger partial charge is 0.312 e. The van der Waals surface area contributed by atoms with E-state index in [1.54, 1.807) is 0 Å². The maximum atomic E-state index is 3.74. The first-order chi connectivity index (χ1) is 8.24. The lowest BCUT2D eigenvalue weighted by atomic mass is 9.81. The van der Waals surface area contributed by atoms with Gasteiger partial charge in [-0.25, -0.2) is 0 Å². The first kappa shape index (κ1) is 16.0. The maximum Gasteiger partial charge on any atom is 0.0243 e. The van der Waals surface area contributed by atoms with Gasteiger partial charge in [0.15, 0.2) is 0 Å². The predicted molar refractivity (Wildman–Crippen MR) is 81.0 cm³/mol. The highest BCUT2D eigenvalue weighted by molar-refractivity contribution is 4.86. The summed E-state index contributed by atoms with van der Waals surface area (Å²) in [5.41, 5.74) is 0.909. The van der Waals surface area contributed by atoms with E-state index in [1.807, 2.05) is 0 Å². The Labute approximate surface area is 115 Å². The first-order valence-corrected chi connectivity index (χ1v) is 7.70. The Kier molecular flexibility index (Phi) is 5.67. The summed E-state index contributed by atoms with van der Waals surface area (Å²) in [6.45, 7) is 19.0. The van der Waals surface area contributed by atoms with Crippen molar-refractivity contribution in [2.75, 3.05) is 26.2 Å². The van der Waals surface area contributed by atoms with Crippen molar-refractivity contribution < 1.29 is 0 Å². The summed E-state index contributed by atoms with van der Waals surface area (Å²) in [5.74, 6) is 0. The van der Waals surface area contributed by atoms with Crippen LogP contribution in [0.15, 0.2) is 0 Å². The predicted octanol–water partition coefficient (Wildman–Crippen LogP) is 3.52. The summed E-state index contributed by atoms with van der Waals surface area (Å²) in [4.78, 5) is 2.66. The average molecular weight is 254 g/mol. The summed E-state index contributed by atoms with van der Waals surface area (Å²) in [6.07, 6.45) is 3.91. The third kappa shape index (κ3) is 5.27. The summed E-state index contributed by atoms with van der Waals surface area (Å²) < 4.78 is 0. The van der Waals surface area contributed by atoms with Crippen LogP contribution in [0.5, 0.6) is 0 Å². The lowest BCUT2D eigenvalue weighted by molar-refractivity contribution is 0.101. The fraction of sp³-hybridized carbons (Fsp3) is 1.00. The van der Waals surface area contributed by atoms with Crippen LogP contribution >= 0.6 is 0 Å². The molecule has 0 radical (unpaired) electrons. The molecule has 1 saturated heterocycles. The highest BCUT2D eigenvalue weighted by Crippen LogP contribution is 2.30. The van der Waals surface area contributed by atoms with Gasteiger partial charge in [0.05, 0.1) is 0 Å². The second-order valence-electron chi connectivity index (χ2n) is 7.84. The summed E-state index contributed by atoms with van der Waals surface area (Å²) in [6, 6.07) is 0.610. The smallest absolute Gasteiger partial charge is 0.0243 e. The van der Waals surface area contributed by atoms with Crippen molar-refractivity contribution in [1.82, 2.24) is 10.2 Å². The minimum absolute atomic E-state index is 0.349. The van der Waals surface area contributed by atoms with Gasteiger partial charge >= 0.3 is 0 Å². The zero-order valence-electron chi connectivity index (χ0n) is 13.5. The van der Waals surface area contributed by atoms with Crippen molar-refractivity contribution in [2.45, 2.75) is 66.8 Å². The van der Waals surface area contributed by atoms with Crippen LogP contribution in [0.2, 0.25) is 0 Å². The molecule has 1 N–H and O–H groups in total. The van der Waals surface area contributed by atoms with Gasteiger partial charge in [-0.05, 0) is 49.7 Å². The summed E-state index contributed by atoms with van der Waals surface area (Å²) >= 11 is 0. The molecule has 1 aliphatic heterocycles. The van der Waals surface area contributed by atoms with E-state index in [1.165, 1.54) is 38.9 Å². The van der Waals surface area contributed by atoms with E-state index in [0.717, 1.165) is 6.54 Å². The van der Waals surface area contributed by atoms with Gasteiger partial charge in [-0.3, -0.25) is 0 Å². The van der Waals surface area contributed by atoms with Crippen LogP contribution in [0.4, 0.5) is 0 Å². The highest BCUT2D eigenvalue weighted by atomic mass is 15.2. The zero-order valence-corrected chi connectivity index (χ0v) is 13.5. The quantitative estimate of drug-likeness (QED) is 0.807. The van der Waals surface area contributed by atoms with Crippen LogP contribution in [0.1, 0.15) is 60.8 Å². The van der Waals surface area contributed by atoms with Gasteiger partial charge < -0.3 is 10.2 Å². The van der Waals surface area contributed by atoms with Crippen LogP contribution < -0.4 is 5.32 Å². The van der Waals surface area contributed by atoms with Crippen LogP contribution in [0, 0.1) is 10.8 Å². The molecule has 1 atom stereocenters. The third-order valence-corrected chi connectivity index (χ3v) is 4.34. The van der Waals surface area contributed by atoms with E-state index in [-0.39, 0.29) is 0 Å². The molecule has 108 valence electrons. The van der Waals surface area contributed by atoms with Gasteiger partial charge in [-0.1, -0.05) is 41.5 Å². The fourth-order valence-corrected chi connectivity index (χ4v) is 2.56. The van der Waals surface area contributed by atoms with E-state index in [4.69, 9.17) is 0 Å². The molecule has 1 fully saturated rings. The number of hydrogen-bond donors (Lipinski definition) is 1. The van der Waals surface area contributed by atoms with Crippen molar-refractivity contribution in [3.05, 3.63) is 0 Å². The molecular weight excluding hydrogens is 220 g/mol. The molecule has 2 heteroatoms. The minimum Gasteiger partial charge on any atom is -0.312 e. The summed E-state index contributed by atoms with van der Waals surface area (Å²) in [5, 5.41) is 3.74. The molecule has 0 aromatic rings. The third-order valence-electron chi connectivity index (χ3n) is 4.34. The van der Waals surface area contributed by atoms with Crippen LogP contribution in [-0.4, -0.2) is 37.1 Å². The molecule has 0 aromatic heterocycles. The van der Waals surface area contributed by atoms with Crippen molar-refractivity contribution >= 4 is 0 Å². The van der Waals surface area contributed by atoms with Crippen LogP contribution in [0.25, 0.3) is 0 Å².